The number of anilines is 3. The Morgan fingerprint density at radius 2 is 1.73 bits per heavy atom. The van der Waals surface area contributed by atoms with Crippen LogP contribution in [0.4, 0.5) is 17.5 Å². The van der Waals surface area contributed by atoms with Gasteiger partial charge >= 0.3 is 0 Å². The van der Waals surface area contributed by atoms with E-state index in [0.717, 1.165) is 22.9 Å². The molecule has 2 N–H and O–H groups in total. The molecule has 0 amide bonds. The van der Waals surface area contributed by atoms with E-state index in [9.17, 15) is 0 Å². The highest BCUT2D eigenvalue weighted by molar-refractivity contribution is 5.66. The number of hydrogen-bond acceptors (Lipinski definition) is 5. The summed E-state index contributed by atoms with van der Waals surface area (Å²) in [6.07, 6.45) is 6.68. The standard InChI is InChI=1S/C21H23N5/c1-15-8-2-5-11-17(15)24-20-14-19(18-12-6-7-13-22-18)25-21(26-20)23-16-9-3-4-10-16/h2,5-8,11-14,16H,3-4,9-10H2,1H3,(H2,23,24,25,26). The number of aromatic nitrogens is 3. The van der Waals surface area contributed by atoms with Crippen molar-refractivity contribution in [1.29, 1.82) is 0 Å². The molecule has 5 heteroatoms. The Labute approximate surface area is 153 Å². The minimum absolute atomic E-state index is 0.459. The Kier molecular flexibility index (Phi) is 4.78. The number of aryl methyl sites for hydroxylation is 1. The maximum Gasteiger partial charge on any atom is 0.225 e. The zero-order chi connectivity index (χ0) is 17.8. The van der Waals surface area contributed by atoms with Gasteiger partial charge in [0.1, 0.15) is 5.82 Å². The third kappa shape index (κ3) is 3.82. The number of nitrogens with one attached hydrogen (secondary N) is 2. The molecule has 5 nitrogen and oxygen atoms in total. The molecule has 0 unspecified atom stereocenters. The van der Waals surface area contributed by atoms with Crippen molar-refractivity contribution in [2.24, 2.45) is 0 Å². The number of rotatable bonds is 5. The summed E-state index contributed by atoms with van der Waals surface area (Å²) in [7, 11) is 0. The van der Waals surface area contributed by atoms with Crippen LogP contribution in [0.1, 0.15) is 31.2 Å². The number of para-hydroxylation sites is 1. The second-order valence-electron chi connectivity index (χ2n) is 6.74. The molecule has 0 spiro atoms. The van der Waals surface area contributed by atoms with E-state index in [4.69, 9.17) is 9.97 Å². The van der Waals surface area contributed by atoms with Gasteiger partial charge in [0, 0.05) is 24.0 Å². The maximum atomic E-state index is 4.71. The molecule has 2 heterocycles. The summed E-state index contributed by atoms with van der Waals surface area (Å²) >= 11 is 0. The van der Waals surface area contributed by atoms with Crippen molar-refractivity contribution < 1.29 is 0 Å². The van der Waals surface area contributed by atoms with E-state index in [1.54, 1.807) is 6.20 Å². The fourth-order valence-corrected chi connectivity index (χ4v) is 3.33. The Bertz CT molecular complexity index is 873. The highest BCUT2D eigenvalue weighted by atomic mass is 15.2. The number of nitrogens with zero attached hydrogens (tertiary/aromatic N) is 3. The average Bonchev–Trinajstić information content (AvgIpc) is 3.17. The van der Waals surface area contributed by atoms with Gasteiger partial charge in [-0.05, 0) is 43.5 Å². The van der Waals surface area contributed by atoms with E-state index < -0.39 is 0 Å². The van der Waals surface area contributed by atoms with Crippen LogP contribution >= 0.6 is 0 Å². The first-order valence-corrected chi connectivity index (χ1v) is 9.17. The quantitative estimate of drug-likeness (QED) is 0.685. The molecule has 1 fully saturated rings. The van der Waals surface area contributed by atoms with Gasteiger partial charge in [0.2, 0.25) is 5.95 Å². The van der Waals surface area contributed by atoms with Gasteiger partial charge in [-0.15, -0.1) is 0 Å². The minimum atomic E-state index is 0.459. The lowest BCUT2D eigenvalue weighted by molar-refractivity contribution is 0.744. The molecule has 132 valence electrons. The smallest absolute Gasteiger partial charge is 0.225 e. The first kappa shape index (κ1) is 16.5. The van der Waals surface area contributed by atoms with Gasteiger partial charge in [0.05, 0.1) is 11.4 Å². The lowest BCUT2D eigenvalue weighted by Gasteiger charge is -2.15. The molecular formula is C21H23N5. The first-order chi connectivity index (χ1) is 12.8. The van der Waals surface area contributed by atoms with Gasteiger partial charge < -0.3 is 10.6 Å². The average molecular weight is 345 g/mol. The SMILES string of the molecule is Cc1ccccc1Nc1cc(-c2ccccn2)nc(NC2CCCC2)n1. The zero-order valence-electron chi connectivity index (χ0n) is 14.9. The van der Waals surface area contributed by atoms with Gasteiger partial charge in [-0.1, -0.05) is 37.1 Å². The number of hydrogen-bond donors (Lipinski definition) is 2. The van der Waals surface area contributed by atoms with Crippen LogP contribution in [0.3, 0.4) is 0 Å². The van der Waals surface area contributed by atoms with E-state index in [0.29, 0.717) is 12.0 Å². The molecular weight excluding hydrogens is 322 g/mol. The fraction of sp³-hybridized carbons (Fsp3) is 0.286. The summed E-state index contributed by atoms with van der Waals surface area (Å²) in [5.41, 5.74) is 3.88. The highest BCUT2D eigenvalue weighted by Gasteiger charge is 2.17. The predicted octanol–water partition coefficient (Wildman–Crippen LogP) is 4.95. The normalized spacial score (nSPS) is 14.3. The van der Waals surface area contributed by atoms with Crippen LogP contribution in [0.15, 0.2) is 54.7 Å². The van der Waals surface area contributed by atoms with Gasteiger partial charge in [0.25, 0.3) is 0 Å². The molecule has 0 saturated heterocycles. The summed E-state index contributed by atoms with van der Waals surface area (Å²) in [6.45, 7) is 2.08. The van der Waals surface area contributed by atoms with Crippen LogP contribution in [0.25, 0.3) is 11.4 Å². The van der Waals surface area contributed by atoms with E-state index in [1.807, 2.05) is 36.4 Å². The fourth-order valence-electron chi connectivity index (χ4n) is 3.33. The molecule has 1 aromatic carbocycles. The van der Waals surface area contributed by atoms with Crippen molar-refractivity contribution >= 4 is 17.5 Å². The minimum Gasteiger partial charge on any atom is -0.351 e. The van der Waals surface area contributed by atoms with Gasteiger partial charge in [-0.2, -0.15) is 4.98 Å². The Hall–Kier alpha value is -2.95. The van der Waals surface area contributed by atoms with Crippen molar-refractivity contribution in [3.05, 3.63) is 60.3 Å². The van der Waals surface area contributed by atoms with Crippen LogP contribution in [0, 0.1) is 6.92 Å². The zero-order valence-corrected chi connectivity index (χ0v) is 14.9. The van der Waals surface area contributed by atoms with Crippen LogP contribution < -0.4 is 10.6 Å². The summed E-state index contributed by atoms with van der Waals surface area (Å²) < 4.78 is 0. The van der Waals surface area contributed by atoms with Crippen molar-refractivity contribution in [3.63, 3.8) is 0 Å². The molecule has 0 radical (unpaired) electrons. The molecule has 26 heavy (non-hydrogen) atoms. The van der Waals surface area contributed by atoms with Crippen LogP contribution in [0.5, 0.6) is 0 Å². The van der Waals surface area contributed by atoms with Gasteiger partial charge in [0.15, 0.2) is 0 Å². The lowest BCUT2D eigenvalue weighted by atomic mass is 10.2. The largest absolute Gasteiger partial charge is 0.351 e. The summed E-state index contributed by atoms with van der Waals surface area (Å²) in [5, 5.41) is 6.93. The highest BCUT2D eigenvalue weighted by Crippen LogP contribution is 2.26. The number of pyridine rings is 1. The van der Waals surface area contributed by atoms with Crippen molar-refractivity contribution in [1.82, 2.24) is 15.0 Å². The molecule has 1 saturated carbocycles. The second kappa shape index (κ2) is 7.52. The molecule has 4 rings (SSSR count). The third-order valence-corrected chi connectivity index (χ3v) is 4.75. The van der Waals surface area contributed by atoms with Gasteiger partial charge in [-0.3, -0.25) is 4.98 Å². The lowest BCUT2D eigenvalue weighted by Crippen LogP contribution is -2.17. The first-order valence-electron chi connectivity index (χ1n) is 9.17. The van der Waals surface area contributed by atoms with Gasteiger partial charge in [-0.25, -0.2) is 4.98 Å². The van der Waals surface area contributed by atoms with E-state index in [1.165, 1.54) is 31.2 Å². The number of benzene rings is 1. The van der Waals surface area contributed by atoms with Crippen molar-refractivity contribution in [2.75, 3.05) is 10.6 Å². The van der Waals surface area contributed by atoms with E-state index in [2.05, 4.69) is 34.7 Å². The van der Waals surface area contributed by atoms with E-state index in [-0.39, 0.29) is 0 Å². The van der Waals surface area contributed by atoms with Crippen LogP contribution in [-0.4, -0.2) is 21.0 Å². The van der Waals surface area contributed by atoms with Crippen molar-refractivity contribution in [2.45, 2.75) is 38.6 Å². The molecule has 0 atom stereocenters. The van der Waals surface area contributed by atoms with Crippen LogP contribution in [0.2, 0.25) is 0 Å². The molecule has 1 aliphatic carbocycles. The summed E-state index contributed by atoms with van der Waals surface area (Å²) in [6, 6.07) is 16.5. The Balaban J connectivity index is 1.68. The molecule has 0 aliphatic heterocycles. The topological polar surface area (TPSA) is 62.7 Å². The third-order valence-electron chi connectivity index (χ3n) is 4.75. The van der Waals surface area contributed by atoms with E-state index >= 15 is 0 Å². The molecule has 1 aliphatic rings. The summed E-state index contributed by atoms with van der Waals surface area (Å²) in [4.78, 5) is 13.8. The maximum absolute atomic E-state index is 4.71. The molecule has 2 aromatic heterocycles. The van der Waals surface area contributed by atoms with Crippen molar-refractivity contribution in [3.8, 4) is 11.4 Å². The molecule has 3 aromatic rings. The Morgan fingerprint density at radius 1 is 0.923 bits per heavy atom. The predicted molar refractivity (Wildman–Crippen MR) is 106 cm³/mol. The summed E-state index contributed by atoms with van der Waals surface area (Å²) in [5.74, 6) is 1.44. The Morgan fingerprint density at radius 3 is 2.50 bits per heavy atom. The monoisotopic (exact) mass is 345 g/mol. The molecule has 0 bridgehead atoms. The van der Waals surface area contributed by atoms with Crippen LogP contribution in [-0.2, 0) is 0 Å². The second-order valence-corrected chi connectivity index (χ2v) is 6.74.